The molecule has 0 N–H and O–H groups in total. The molecule has 1 fully saturated rings. The molecular formula is C15H22ClNO3S. The molecule has 1 aromatic rings. The van der Waals surface area contributed by atoms with Gasteiger partial charge in [0.05, 0.1) is 11.5 Å². The van der Waals surface area contributed by atoms with Crippen LogP contribution < -0.4 is 0 Å². The van der Waals surface area contributed by atoms with E-state index in [-0.39, 0.29) is 6.04 Å². The minimum atomic E-state index is -3.50. The Hall–Kier alpha value is -0.620. The van der Waals surface area contributed by atoms with E-state index in [9.17, 15) is 8.42 Å². The molecule has 0 bridgehead atoms. The number of rotatable bonds is 7. The number of sulfonamides is 1. The molecular weight excluding hydrogens is 310 g/mol. The van der Waals surface area contributed by atoms with Crippen LogP contribution in [-0.2, 0) is 20.6 Å². The maximum Gasteiger partial charge on any atom is 0.243 e. The van der Waals surface area contributed by atoms with Crippen molar-refractivity contribution < 1.29 is 13.2 Å². The summed E-state index contributed by atoms with van der Waals surface area (Å²) in [5, 5.41) is 0. The van der Waals surface area contributed by atoms with Gasteiger partial charge in [-0.1, -0.05) is 6.07 Å². The van der Waals surface area contributed by atoms with Crippen molar-refractivity contribution in [1.82, 2.24) is 4.31 Å². The van der Waals surface area contributed by atoms with Crippen molar-refractivity contribution in [1.29, 1.82) is 0 Å². The van der Waals surface area contributed by atoms with Crippen molar-refractivity contribution in [2.24, 2.45) is 0 Å². The van der Waals surface area contributed by atoms with Gasteiger partial charge in [0.2, 0.25) is 10.0 Å². The summed E-state index contributed by atoms with van der Waals surface area (Å²) in [6, 6.07) is 3.76. The molecule has 1 saturated carbocycles. The number of methoxy groups -OCH3 is 1. The Bertz CT molecular complexity index is 612. The first-order valence-corrected chi connectivity index (χ1v) is 9.06. The van der Waals surface area contributed by atoms with Gasteiger partial charge in [0.1, 0.15) is 0 Å². The van der Waals surface area contributed by atoms with E-state index in [2.05, 4.69) is 0 Å². The minimum absolute atomic E-state index is 0.115. The van der Waals surface area contributed by atoms with E-state index in [1.807, 2.05) is 19.9 Å². The second-order valence-corrected chi connectivity index (χ2v) is 7.64. The van der Waals surface area contributed by atoms with Crippen LogP contribution in [0.4, 0.5) is 0 Å². The summed E-state index contributed by atoms with van der Waals surface area (Å²) in [7, 11) is -1.92. The third kappa shape index (κ3) is 3.59. The van der Waals surface area contributed by atoms with E-state index in [4.69, 9.17) is 16.3 Å². The van der Waals surface area contributed by atoms with Gasteiger partial charge in [0, 0.05) is 25.6 Å². The van der Waals surface area contributed by atoms with Gasteiger partial charge in [0.15, 0.2) is 0 Å². The number of alkyl halides is 1. The number of benzene rings is 1. The van der Waals surface area contributed by atoms with Crippen LogP contribution in [0.5, 0.6) is 0 Å². The second kappa shape index (κ2) is 6.65. The van der Waals surface area contributed by atoms with Crippen molar-refractivity contribution in [2.75, 3.05) is 20.3 Å². The Morgan fingerprint density at radius 1 is 1.33 bits per heavy atom. The predicted molar refractivity (Wildman–Crippen MR) is 84.3 cm³/mol. The van der Waals surface area contributed by atoms with Crippen LogP contribution in [0.3, 0.4) is 0 Å². The highest BCUT2D eigenvalue weighted by Gasteiger charge is 2.38. The SMILES string of the molecule is COCCN(C1CC1)S(=O)(=O)c1cc(CCl)cc(C)c1C. The first kappa shape index (κ1) is 16.7. The summed E-state index contributed by atoms with van der Waals surface area (Å²) < 4.78 is 32.6. The highest BCUT2D eigenvalue weighted by molar-refractivity contribution is 7.89. The van der Waals surface area contributed by atoms with Gasteiger partial charge in [-0.15, -0.1) is 11.6 Å². The molecule has 0 amide bonds. The molecule has 0 radical (unpaired) electrons. The standard InChI is InChI=1S/C15H22ClNO3S/c1-11-8-13(10-16)9-15(12(11)2)21(18,19)17(6-7-20-3)14-4-5-14/h8-9,14H,4-7,10H2,1-3H3. The van der Waals surface area contributed by atoms with Crippen molar-refractivity contribution in [3.63, 3.8) is 0 Å². The summed E-state index contributed by atoms with van der Waals surface area (Å²) >= 11 is 5.88. The van der Waals surface area contributed by atoms with Gasteiger partial charge in [-0.3, -0.25) is 0 Å². The van der Waals surface area contributed by atoms with E-state index < -0.39 is 10.0 Å². The molecule has 0 saturated heterocycles. The average Bonchev–Trinajstić information content (AvgIpc) is 3.26. The molecule has 0 aliphatic heterocycles. The smallest absolute Gasteiger partial charge is 0.243 e. The summed E-state index contributed by atoms with van der Waals surface area (Å²) in [4.78, 5) is 0.376. The molecule has 0 aromatic heterocycles. The molecule has 1 aromatic carbocycles. The molecule has 6 heteroatoms. The largest absolute Gasteiger partial charge is 0.383 e. The van der Waals surface area contributed by atoms with Gasteiger partial charge in [-0.05, 0) is 49.4 Å². The lowest BCUT2D eigenvalue weighted by Gasteiger charge is -2.23. The molecule has 2 rings (SSSR count). The zero-order valence-corrected chi connectivity index (χ0v) is 14.3. The van der Waals surface area contributed by atoms with E-state index in [1.54, 1.807) is 17.5 Å². The maximum absolute atomic E-state index is 13.0. The third-order valence-corrected chi connectivity index (χ3v) is 6.28. The highest BCUT2D eigenvalue weighted by atomic mass is 35.5. The molecule has 0 unspecified atom stereocenters. The van der Waals surface area contributed by atoms with Crippen LogP contribution in [0.25, 0.3) is 0 Å². The van der Waals surface area contributed by atoms with Gasteiger partial charge >= 0.3 is 0 Å². The summed E-state index contributed by atoms with van der Waals surface area (Å²) in [6.45, 7) is 4.57. The zero-order chi connectivity index (χ0) is 15.6. The van der Waals surface area contributed by atoms with Crippen molar-refractivity contribution in [3.8, 4) is 0 Å². The third-order valence-electron chi connectivity index (χ3n) is 3.89. The number of halogens is 1. The van der Waals surface area contributed by atoms with Gasteiger partial charge in [-0.25, -0.2) is 8.42 Å². The summed E-state index contributed by atoms with van der Waals surface area (Å²) in [6.07, 6.45) is 1.85. The molecule has 1 aliphatic rings. The Morgan fingerprint density at radius 2 is 2.00 bits per heavy atom. The minimum Gasteiger partial charge on any atom is -0.383 e. The normalized spacial score (nSPS) is 15.7. The predicted octanol–water partition coefficient (Wildman–Crippen LogP) is 2.84. The summed E-state index contributed by atoms with van der Waals surface area (Å²) in [5.74, 6) is 0.311. The van der Waals surface area contributed by atoms with Crippen molar-refractivity contribution in [3.05, 3.63) is 28.8 Å². The second-order valence-electron chi connectivity index (χ2n) is 5.51. The number of ether oxygens (including phenoxy) is 1. The van der Waals surface area contributed by atoms with Crippen LogP contribution in [0.2, 0.25) is 0 Å². The lowest BCUT2D eigenvalue weighted by Crippen LogP contribution is -2.36. The van der Waals surface area contributed by atoms with Crippen LogP contribution in [-0.4, -0.2) is 39.0 Å². The molecule has 0 heterocycles. The fraction of sp³-hybridized carbons (Fsp3) is 0.600. The Morgan fingerprint density at radius 3 is 2.52 bits per heavy atom. The van der Waals surface area contributed by atoms with Crippen molar-refractivity contribution in [2.45, 2.75) is 43.5 Å². The molecule has 1 aliphatic carbocycles. The van der Waals surface area contributed by atoms with E-state index in [1.165, 1.54) is 0 Å². The van der Waals surface area contributed by atoms with E-state index in [0.717, 1.165) is 29.5 Å². The topological polar surface area (TPSA) is 46.6 Å². The molecule has 21 heavy (non-hydrogen) atoms. The van der Waals surface area contributed by atoms with E-state index in [0.29, 0.717) is 23.9 Å². The van der Waals surface area contributed by atoms with Gasteiger partial charge in [0.25, 0.3) is 0 Å². The quantitative estimate of drug-likeness (QED) is 0.722. The molecule has 118 valence electrons. The number of hydrogen-bond acceptors (Lipinski definition) is 3. The van der Waals surface area contributed by atoms with Crippen molar-refractivity contribution >= 4 is 21.6 Å². The molecule has 4 nitrogen and oxygen atoms in total. The van der Waals surface area contributed by atoms with Crippen LogP contribution in [0.15, 0.2) is 17.0 Å². The Labute approximate surface area is 132 Å². The van der Waals surface area contributed by atoms with Crippen LogP contribution >= 0.6 is 11.6 Å². The zero-order valence-electron chi connectivity index (χ0n) is 12.7. The van der Waals surface area contributed by atoms with Gasteiger partial charge in [-0.2, -0.15) is 4.31 Å². The summed E-state index contributed by atoms with van der Waals surface area (Å²) in [5.41, 5.74) is 2.59. The molecule has 0 atom stereocenters. The fourth-order valence-corrected chi connectivity index (χ4v) is 4.59. The number of hydrogen-bond donors (Lipinski definition) is 0. The highest BCUT2D eigenvalue weighted by Crippen LogP contribution is 2.33. The first-order valence-electron chi connectivity index (χ1n) is 7.08. The fourth-order valence-electron chi connectivity index (χ4n) is 2.41. The monoisotopic (exact) mass is 331 g/mol. The first-order chi connectivity index (χ1) is 9.91. The Kier molecular flexibility index (Phi) is 5.30. The maximum atomic E-state index is 13.0. The van der Waals surface area contributed by atoms with Crippen LogP contribution in [0, 0.1) is 13.8 Å². The number of aryl methyl sites for hydroxylation is 1. The number of nitrogens with zero attached hydrogens (tertiary/aromatic N) is 1. The lowest BCUT2D eigenvalue weighted by atomic mass is 10.1. The Balaban J connectivity index is 2.44. The average molecular weight is 332 g/mol. The molecule has 0 spiro atoms. The van der Waals surface area contributed by atoms with Crippen LogP contribution in [0.1, 0.15) is 29.5 Å². The lowest BCUT2D eigenvalue weighted by molar-refractivity contribution is 0.177. The van der Waals surface area contributed by atoms with Gasteiger partial charge < -0.3 is 4.74 Å². The van der Waals surface area contributed by atoms with E-state index >= 15 is 0 Å².